The summed E-state index contributed by atoms with van der Waals surface area (Å²) in [5.41, 5.74) is 1.21. The molecule has 0 amide bonds. The van der Waals surface area contributed by atoms with Crippen LogP contribution in [0.5, 0.6) is 0 Å². The SMILES string of the molecule is Cc1ncn(CC(O)c2cccc([N+](=O)[O-])c2)c(=O)c1C. The number of aryl methyl sites for hydroxylation is 1. The lowest BCUT2D eigenvalue weighted by Crippen LogP contribution is -2.26. The molecule has 2 aromatic rings. The molecular formula is C14H15N3O4. The third-order valence-corrected chi connectivity index (χ3v) is 3.35. The molecule has 0 aliphatic heterocycles. The Labute approximate surface area is 120 Å². The van der Waals surface area contributed by atoms with E-state index in [2.05, 4.69) is 4.98 Å². The van der Waals surface area contributed by atoms with Crippen LogP contribution in [0.1, 0.15) is 22.9 Å². The topological polar surface area (TPSA) is 98.3 Å². The predicted octanol–water partition coefficient (Wildman–Crippen LogP) is 1.50. The fraction of sp³-hybridized carbons (Fsp3) is 0.286. The summed E-state index contributed by atoms with van der Waals surface area (Å²) in [4.78, 5) is 26.3. The Morgan fingerprint density at radius 2 is 2.14 bits per heavy atom. The molecule has 0 saturated heterocycles. The number of non-ortho nitro benzene ring substituents is 1. The van der Waals surface area contributed by atoms with Crippen LogP contribution in [0.3, 0.4) is 0 Å². The van der Waals surface area contributed by atoms with Gasteiger partial charge in [0.05, 0.1) is 23.9 Å². The molecule has 110 valence electrons. The van der Waals surface area contributed by atoms with Crippen molar-refractivity contribution in [3.63, 3.8) is 0 Å². The lowest BCUT2D eigenvalue weighted by atomic mass is 10.1. The number of benzene rings is 1. The second-order valence-corrected chi connectivity index (χ2v) is 4.78. The zero-order chi connectivity index (χ0) is 15.6. The van der Waals surface area contributed by atoms with Crippen molar-refractivity contribution in [2.24, 2.45) is 0 Å². The normalized spacial score (nSPS) is 12.1. The van der Waals surface area contributed by atoms with Crippen molar-refractivity contribution in [2.75, 3.05) is 0 Å². The zero-order valence-corrected chi connectivity index (χ0v) is 11.7. The molecule has 0 fully saturated rings. The average molecular weight is 289 g/mol. The predicted molar refractivity (Wildman–Crippen MR) is 76.0 cm³/mol. The first-order valence-corrected chi connectivity index (χ1v) is 6.35. The van der Waals surface area contributed by atoms with Crippen molar-refractivity contribution in [2.45, 2.75) is 26.5 Å². The molecule has 0 saturated carbocycles. The molecule has 1 aromatic heterocycles. The van der Waals surface area contributed by atoms with Crippen LogP contribution in [0.2, 0.25) is 0 Å². The Balaban J connectivity index is 2.28. The van der Waals surface area contributed by atoms with Gasteiger partial charge in [-0.15, -0.1) is 0 Å². The zero-order valence-electron chi connectivity index (χ0n) is 11.7. The summed E-state index contributed by atoms with van der Waals surface area (Å²) in [5, 5.41) is 20.9. The summed E-state index contributed by atoms with van der Waals surface area (Å²) in [7, 11) is 0. The summed E-state index contributed by atoms with van der Waals surface area (Å²) in [6.45, 7) is 3.40. The number of rotatable bonds is 4. The monoisotopic (exact) mass is 289 g/mol. The van der Waals surface area contributed by atoms with Gasteiger partial charge in [0.25, 0.3) is 11.2 Å². The maximum Gasteiger partial charge on any atom is 0.269 e. The van der Waals surface area contributed by atoms with Crippen LogP contribution in [-0.2, 0) is 6.54 Å². The maximum atomic E-state index is 12.0. The van der Waals surface area contributed by atoms with Gasteiger partial charge in [0.15, 0.2) is 0 Å². The fourth-order valence-corrected chi connectivity index (χ4v) is 1.94. The molecule has 0 radical (unpaired) electrons. The van der Waals surface area contributed by atoms with Gasteiger partial charge in [-0.2, -0.15) is 0 Å². The van der Waals surface area contributed by atoms with E-state index in [9.17, 15) is 20.0 Å². The molecule has 1 N–H and O–H groups in total. The number of nitro groups is 1. The van der Waals surface area contributed by atoms with Crippen LogP contribution in [0.25, 0.3) is 0 Å². The molecule has 1 aromatic carbocycles. The van der Waals surface area contributed by atoms with Crippen LogP contribution < -0.4 is 5.56 Å². The molecule has 21 heavy (non-hydrogen) atoms. The highest BCUT2D eigenvalue weighted by molar-refractivity contribution is 5.35. The minimum atomic E-state index is -1.02. The van der Waals surface area contributed by atoms with E-state index in [4.69, 9.17) is 0 Å². The van der Waals surface area contributed by atoms with Gasteiger partial charge in [-0.1, -0.05) is 12.1 Å². The molecule has 1 atom stereocenters. The van der Waals surface area contributed by atoms with Crippen LogP contribution in [0.4, 0.5) is 5.69 Å². The lowest BCUT2D eigenvalue weighted by molar-refractivity contribution is -0.385. The number of hydrogen-bond donors (Lipinski definition) is 1. The number of hydrogen-bond acceptors (Lipinski definition) is 5. The Hall–Kier alpha value is -2.54. The first-order valence-electron chi connectivity index (χ1n) is 6.35. The van der Waals surface area contributed by atoms with Crippen molar-refractivity contribution in [3.8, 4) is 0 Å². The van der Waals surface area contributed by atoms with Crippen molar-refractivity contribution >= 4 is 5.69 Å². The first-order chi connectivity index (χ1) is 9.90. The van der Waals surface area contributed by atoms with E-state index in [0.717, 1.165) is 0 Å². The Bertz CT molecular complexity index is 739. The smallest absolute Gasteiger partial charge is 0.269 e. The van der Waals surface area contributed by atoms with Gasteiger partial charge in [-0.25, -0.2) is 4.98 Å². The summed E-state index contributed by atoms with van der Waals surface area (Å²) in [5.74, 6) is 0. The highest BCUT2D eigenvalue weighted by Crippen LogP contribution is 2.20. The van der Waals surface area contributed by atoms with Gasteiger partial charge >= 0.3 is 0 Å². The third-order valence-electron chi connectivity index (χ3n) is 3.35. The Morgan fingerprint density at radius 3 is 2.81 bits per heavy atom. The van der Waals surface area contributed by atoms with Crippen LogP contribution in [0.15, 0.2) is 35.4 Å². The van der Waals surface area contributed by atoms with Gasteiger partial charge in [-0.3, -0.25) is 19.5 Å². The highest BCUT2D eigenvalue weighted by Gasteiger charge is 2.14. The molecule has 0 aliphatic rings. The van der Waals surface area contributed by atoms with E-state index in [1.165, 1.54) is 29.1 Å². The molecule has 1 unspecified atom stereocenters. The van der Waals surface area contributed by atoms with Gasteiger partial charge in [0.2, 0.25) is 0 Å². The van der Waals surface area contributed by atoms with E-state index in [1.807, 2.05) is 0 Å². The molecule has 7 heteroatoms. The molecule has 2 rings (SSSR count). The summed E-state index contributed by atoms with van der Waals surface area (Å²) in [6.07, 6.45) is 0.345. The summed E-state index contributed by atoms with van der Waals surface area (Å²) in [6, 6.07) is 5.72. The van der Waals surface area contributed by atoms with Crippen molar-refractivity contribution in [3.05, 3.63) is 67.9 Å². The third kappa shape index (κ3) is 3.14. The molecular weight excluding hydrogens is 274 g/mol. The first kappa shape index (κ1) is 14.9. The van der Waals surface area contributed by atoms with Gasteiger partial charge < -0.3 is 5.11 Å². The quantitative estimate of drug-likeness (QED) is 0.679. The number of aliphatic hydroxyl groups excluding tert-OH is 1. The van der Waals surface area contributed by atoms with E-state index >= 15 is 0 Å². The number of aromatic nitrogens is 2. The van der Waals surface area contributed by atoms with Crippen LogP contribution >= 0.6 is 0 Å². The number of nitro benzene ring substituents is 1. The average Bonchev–Trinajstić information content (AvgIpc) is 2.48. The maximum absolute atomic E-state index is 12.0. The van der Waals surface area contributed by atoms with Gasteiger partial charge in [-0.05, 0) is 19.4 Å². The number of nitrogens with zero attached hydrogens (tertiary/aromatic N) is 3. The van der Waals surface area contributed by atoms with E-state index in [0.29, 0.717) is 16.8 Å². The largest absolute Gasteiger partial charge is 0.387 e. The fourth-order valence-electron chi connectivity index (χ4n) is 1.94. The minimum absolute atomic E-state index is 0.00583. The van der Waals surface area contributed by atoms with Crippen molar-refractivity contribution in [1.29, 1.82) is 0 Å². The van der Waals surface area contributed by atoms with Crippen LogP contribution in [0, 0.1) is 24.0 Å². The molecule has 7 nitrogen and oxygen atoms in total. The molecule has 0 bridgehead atoms. The second-order valence-electron chi connectivity index (χ2n) is 4.78. The van der Waals surface area contributed by atoms with E-state index < -0.39 is 11.0 Å². The highest BCUT2D eigenvalue weighted by atomic mass is 16.6. The van der Waals surface area contributed by atoms with Crippen LogP contribution in [-0.4, -0.2) is 19.6 Å². The van der Waals surface area contributed by atoms with E-state index in [1.54, 1.807) is 19.9 Å². The number of aliphatic hydroxyl groups is 1. The standard InChI is InChI=1S/C14H15N3O4/c1-9-10(2)15-8-16(14(9)19)7-13(18)11-4-3-5-12(6-11)17(20)21/h3-6,8,13,18H,7H2,1-2H3. The van der Waals surface area contributed by atoms with Crippen molar-refractivity contribution < 1.29 is 10.0 Å². The van der Waals surface area contributed by atoms with Crippen molar-refractivity contribution in [1.82, 2.24) is 9.55 Å². The summed E-state index contributed by atoms with van der Waals surface area (Å²) >= 11 is 0. The second kappa shape index (κ2) is 5.84. The van der Waals surface area contributed by atoms with Gasteiger partial charge in [0.1, 0.15) is 0 Å². The molecule has 0 spiro atoms. The summed E-state index contributed by atoms with van der Waals surface area (Å²) < 4.78 is 1.30. The minimum Gasteiger partial charge on any atom is -0.387 e. The Kier molecular flexibility index (Phi) is 4.13. The molecule has 1 heterocycles. The van der Waals surface area contributed by atoms with E-state index in [-0.39, 0.29) is 17.8 Å². The lowest BCUT2D eigenvalue weighted by Gasteiger charge is -2.13. The molecule has 0 aliphatic carbocycles. The Morgan fingerprint density at radius 1 is 1.43 bits per heavy atom. The van der Waals surface area contributed by atoms with Gasteiger partial charge in [0, 0.05) is 23.4 Å².